The predicted octanol–water partition coefficient (Wildman–Crippen LogP) is 3.91. The van der Waals surface area contributed by atoms with E-state index in [-0.39, 0.29) is 11.9 Å². The van der Waals surface area contributed by atoms with Crippen molar-refractivity contribution in [2.75, 3.05) is 13.2 Å². The number of halogens is 1. The zero-order valence-electron chi connectivity index (χ0n) is 13.0. The molecule has 0 aromatic heterocycles. The molecule has 0 bridgehead atoms. The molecule has 0 saturated carbocycles. The summed E-state index contributed by atoms with van der Waals surface area (Å²) in [5.74, 6) is 0.327. The van der Waals surface area contributed by atoms with Gasteiger partial charge in [0.15, 0.2) is 0 Å². The molecule has 0 spiro atoms. The van der Waals surface area contributed by atoms with E-state index in [9.17, 15) is 4.39 Å². The van der Waals surface area contributed by atoms with Gasteiger partial charge in [-0.1, -0.05) is 6.92 Å². The van der Waals surface area contributed by atoms with E-state index in [2.05, 4.69) is 19.2 Å². The monoisotopic (exact) mass is 279 g/mol. The van der Waals surface area contributed by atoms with Gasteiger partial charge in [-0.3, -0.25) is 0 Å². The fourth-order valence-corrected chi connectivity index (χ4v) is 3.30. The van der Waals surface area contributed by atoms with Gasteiger partial charge in [-0.25, -0.2) is 4.39 Å². The topological polar surface area (TPSA) is 21.3 Å². The summed E-state index contributed by atoms with van der Waals surface area (Å²) >= 11 is 0. The Morgan fingerprint density at radius 2 is 2.00 bits per heavy atom. The Hall–Kier alpha value is -0.930. The quantitative estimate of drug-likeness (QED) is 0.882. The molecule has 1 aliphatic rings. The number of hydrogen-bond donors (Lipinski definition) is 1. The summed E-state index contributed by atoms with van der Waals surface area (Å²) in [6.07, 6.45) is 2.49. The van der Waals surface area contributed by atoms with Crippen molar-refractivity contribution in [3.05, 3.63) is 34.6 Å². The van der Waals surface area contributed by atoms with Crippen LogP contribution in [0.25, 0.3) is 0 Å². The number of aryl methyl sites for hydroxylation is 2. The summed E-state index contributed by atoms with van der Waals surface area (Å²) in [5.41, 5.74) is 3.33. The van der Waals surface area contributed by atoms with E-state index in [1.54, 1.807) is 12.1 Å². The van der Waals surface area contributed by atoms with Crippen LogP contribution < -0.4 is 5.32 Å². The van der Waals surface area contributed by atoms with Crippen LogP contribution >= 0.6 is 0 Å². The Balaban J connectivity index is 2.31. The van der Waals surface area contributed by atoms with Crippen LogP contribution in [0.15, 0.2) is 12.1 Å². The zero-order valence-corrected chi connectivity index (χ0v) is 13.0. The van der Waals surface area contributed by atoms with Crippen molar-refractivity contribution in [3.8, 4) is 0 Å². The minimum absolute atomic E-state index is 0.144. The number of rotatable bonds is 5. The third kappa shape index (κ3) is 3.39. The number of hydrogen-bond acceptors (Lipinski definition) is 2. The molecular weight excluding hydrogens is 253 g/mol. The van der Waals surface area contributed by atoms with Crippen LogP contribution in [0.2, 0.25) is 0 Å². The lowest BCUT2D eigenvalue weighted by Crippen LogP contribution is -2.30. The van der Waals surface area contributed by atoms with Gasteiger partial charge in [0, 0.05) is 12.0 Å². The van der Waals surface area contributed by atoms with E-state index in [0.717, 1.165) is 37.1 Å². The van der Waals surface area contributed by atoms with Gasteiger partial charge in [-0.05, 0) is 69.0 Å². The van der Waals surface area contributed by atoms with E-state index >= 15 is 0 Å². The molecule has 3 heteroatoms. The van der Waals surface area contributed by atoms with Crippen LogP contribution in [0.4, 0.5) is 4.39 Å². The van der Waals surface area contributed by atoms with Crippen molar-refractivity contribution in [1.82, 2.24) is 5.32 Å². The van der Waals surface area contributed by atoms with Gasteiger partial charge < -0.3 is 10.1 Å². The highest BCUT2D eigenvalue weighted by Gasteiger charge is 2.31. The lowest BCUT2D eigenvalue weighted by atomic mass is 9.86. The normalized spacial score (nSPS) is 24.1. The summed E-state index contributed by atoms with van der Waals surface area (Å²) < 4.78 is 19.3. The van der Waals surface area contributed by atoms with Crippen molar-refractivity contribution in [2.24, 2.45) is 5.92 Å². The van der Waals surface area contributed by atoms with E-state index in [1.165, 1.54) is 5.56 Å². The lowest BCUT2D eigenvalue weighted by Gasteiger charge is -2.27. The molecule has 1 fully saturated rings. The lowest BCUT2D eigenvalue weighted by molar-refractivity contribution is 0.117. The van der Waals surface area contributed by atoms with Crippen LogP contribution in [0.3, 0.4) is 0 Å². The molecule has 1 N–H and O–H groups in total. The van der Waals surface area contributed by atoms with Gasteiger partial charge in [0.1, 0.15) is 5.82 Å². The standard InChI is InChI=1S/C17H26FNO/c1-5-6-19-17(14-9-13(4)20-10-14)16-11(2)7-15(18)8-12(16)3/h7-8,13-14,17,19H,5-6,9-10H2,1-4H3. The van der Waals surface area contributed by atoms with Crippen molar-refractivity contribution < 1.29 is 9.13 Å². The van der Waals surface area contributed by atoms with E-state index in [0.29, 0.717) is 12.0 Å². The van der Waals surface area contributed by atoms with Gasteiger partial charge in [0.2, 0.25) is 0 Å². The van der Waals surface area contributed by atoms with Crippen LogP contribution in [-0.4, -0.2) is 19.3 Å². The molecule has 0 amide bonds. The number of ether oxygens (including phenoxy) is 1. The SMILES string of the molecule is CCCNC(c1c(C)cc(F)cc1C)C1COC(C)C1. The average Bonchev–Trinajstić information content (AvgIpc) is 2.78. The van der Waals surface area contributed by atoms with Crippen LogP contribution in [0, 0.1) is 25.6 Å². The first-order chi connectivity index (χ1) is 9.52. The molecule has 2 rings (SSSR count). The molecule has 1 aromatic carbocycles. The molecule has 0 aliphatic carbocycles. The summed E-state index contributed by atoms with van der Waals surface area (Å²) in [6, 6.07) is 3.55. The Labute approximate surface area is 121 Å². The molecule has 1 aliphatic heterocycles. The fraction of sp³-hybridized carbons (Fsp3) is 0.647. The molecule has 0 radical (unpaired) electrons. The smallest absolute Gasteiger partial charge is 0.123 e. The molecule has 1 heterocycles. The molecule has 1 aromatic rings. The minimum Gasteiger partial charge on any atom is -0.378 e. The van der Waals surface area contributed by atoms with Crippen molar-refractivity contribution in [2.45, 2.75) is 52.7 Å². The first-order valence-electron chi connectivity index (χ1n) is 7.64. The molecule has 3 atom stereocenters. The molecule has 3 unspecified atom stereocenters. The van der Waals surface area contributed by atoms with Crippen LogP contribution in [0.1, 0.15) is 49.4 Å². The highest BCUT2D eigenvalue weighted by atomic mass is 19.1. The fourth-order valence-electron chi connectivity index (χ4n) is 3.30. The van der Waals surface area contributed by atoms with Crippen LogP contribution in [0.5, 0.6) is 0 Å². The van der Waals surface area contributed by atoms with E-state index in [4.69, 9.17) is 4.74 Å². The van der Waals surface area contributed by atoms with Gasteiger partial charge >= 0.3 is 0 Å². The Morgan fingerprint density at radius 3 is 2.50 bits per heavy atom. The maximum atomic E-state index is 13.5. The van der Waals surface area contributed by atoms with Crippen molar-refractivity contribution in [3.63, 3.8) is 0 Å². The average molecular weight is 279 g/mol. The third-order valence-corrected chi connectivity index (χ3v) is 4.18. The van der Waals surface area contributed by atoms with E-state index < -0.39 is 0 Å². The zero-order chi connectivity index (χ0) is 14.7. The molecule has 112 valence electrons. The number of benzene rings is 1. The van der Waals surface area contributed by atoms with Gasteiger partial charge in [-0.2, -0.15) is 0 Å². The summed E-state index contributed by atoms with van der Waals surface area (Å²) in [5, 5.41) is 3.65. The number of nitrogens with one attached hydrogen (secondary N) is 1. The molecule has 20 heavy (non-hydrogen) atoms. The maximum Gasteiger partial charge on any atom is 0.123 e. The second kappa shape index (κ2) is 6.68. The van der Waals surface area contributed by atoms with E-state index in [1.807, 2.05) is 13.8 Å². The van der Waals surface area contributed by atoms with Crippen molar-refractivity contribution >= 4 is 0 Å². The summed E-state index contributed by atoms with van der Waals surface area (Å²) in [6.45, 7) is 10.1. The first kappa shape index (κ1) is 15.5. The largest absolute Gasteiger partial charge is 0.378 e. The third-order valence-electron chi connectivity index (χ3n) is 4.18. The Bertz CT molecular complexity index is 437. The van der Waals surface area contributed by atoms with Crippen LogP contribution in [-0.2, 0) is 4.74 Å². The van der Waals surface area contributed by atoms with Gasteiger partial charge in [0.05, 0.1) is 12.7 Å². The molecule has 2 nitrogen and oxygen atoms in total. The summed E-state index contributed by atoms with van der Waals surface area (Å²) in [4.78, 5) is 0. The Morgan fingerprint density at radius 1 is 1.35 bits per heavy atom. The predicted molar refractivity (Wildman–Crippen MR) is 80.4 cm³/mol. The summed E-state index contributed by atoms with van der Waals surface area (Å²) in [7, 11) is 0. The first-order valence-corrected chi connectivity index (χ1v) is 7.64. The highest BCUT2D eigenvalue weighted by Crippen LogP contribution is 2.35. The highest BCUT2D eigenvalue weighted by molar-refractivity contribution is 5.37. The second-order valence-corrected chi connectivity index (χ2v) is 6.02. The van der Waals surface area contributed by atoms with Gasteiger partial charge in [-0.15, -0.1) is 0 Å². The maximum absolute atomic E-state index is 13.5. The van der Waals surface area contributed by atoms with Gasteiger partial charge in [0.25, 0.3) is 0 Å². The molecular formula is C17H26FNO. The molecule has 1 saturated heterocycles. The van der Waals surface area contributed by atoms with Crippen molar-refractivity contribution in [1.29, 1.82) is 0 Å². The second-order valence-electron chi connectivity index (χ2n) is 6.02. The minimum atomic E-state index is -0.144. The Kier molecular flexibility index (Phi) is 5.17.